The smallest absolute Gasteiger partial charge is 0.417 e. The third-order valence-corrected chi connectivity index (χ3v) is 3.20. The second kappa shape index (κ2) is 5.72. The Bertz CT molecular complexity index is 689. The number of aromatic carboxylic acids is 1. The Labute approximate surface area is 125 Å². The van der Waals surface area contributed by atoms with Crippen LogP contribution < -0.4 is 5.32 Å². The molecule has 0 spiro atoms. The van der Waals surface area contributed by atoms with Crippen LogP contribution in [0.15, 0.2) is 40.9 Å². The summed E-state index contributed by atoms with van der Waals surface area (Å²) in [6.45, 7) is 0. The van der Waals surface area contributed by atoms with Gasteiger partial charge in [0.25, 0.3) is 0 Å². The number of carboxylic acid groups (broad SMARTS) is 1. The first kappa shape index (κ1) is 15.3. The molecule has 0 aliphatic heterocycles. The van der Waals surface area contributed by atoms with Crippen LogP contribution in [0.5, 0.6) is 0 Å². The lowest BCUT2D eigenvalue weighted by Gasteiger charge is -2.12. The van der Waals surface area contributed by atoms with Gasteiger partial charge in [-0.2, -0.15) is 13.2 Å². The average molecular weight is 361 g/mol. The van der Waals surface area contributed by atoms with Crippen molar-refractivity contribution in [3.05, 3.63) is 52.1 Å². The van der Waals surface area contributed by atoms with Crippen LogP contribution in [-0.4, -0.2) is 16.1 Å². The molecule has 2 aromatic rings. The zero-order chi connectivity index (χ0) is 15.6. The Morgan fingerprint density at radius 2 is 1.95 bits per heavy atom. The number of pyridine rings is 1. The van der Waals surface area contributed by atoms with Gasteiger partial charge in [-0.25, -0.2) is 9.78 Å². The van der Waals surface area contributed by atoms with E-state index in [0.717, 1.165) is 6.07 Å². The van der Waals surface area contributed by atoms with Crippen LogP contribution in [0.3, 0.4) is 0 Å². The number of carbonyl (C=O) groups is 1. The molecule has 0 atom stereocenters. The first-order valence-corrected chi connectivity index (χ1v) is 6.41. The highest BCUT2D eigenvalue weighted by Crippen LogP contribution is 2.36. The van der Waals surface area contributed by atoms with Crippen LogP contribution >= 0.6 is 15.9 Å². The van der Waals surface area contributed by atoms with E-state index >= 15 is 0 Å². The number of aromatic nitrogens is 1. The highest BCUT2D eigenvalue weighted by Gasteiger charge is 2.33. The van der Waals surface area contributed by atoms with Gasteiger partial charge in [0.1, 0.15) is 5.82 Å². The number of nitrogens with one attached hydrogen (secondary N) is 1. The van der Waals surface area contributed by atoms with Gasteiger partial charge in [-0.3, -0.25) is 0 Å². The van der Waals surface area contributed by atoms with Gasteiger partial charge in [-0.15, -0.1) is 0 Å². The van der Waals surface area contributed by atoms with E-state index in [1.54, 1.807) is 0 Å². The highest BCUT2D eigenvalue weighted by atomic mass is 79.9. The van der Waals surface area contributed by atoms with Crippen molar-refractivity contribution < 1.29 is 23.1 Å². The Hall–Kier alpha value is -2.09. The van der Waals surface area contributed by atoms with Gasteiger partial charge in [-0.05, 0) is 30.3 Å². The van der Waals surface area contributed by atoms with Gasteiger partial charge in [0.2, 0.25) is 0 Å². The van der Waals surface area contributed by atoms with Crippen molar-refractivity contribution in [2.45, 2.75) is 6.18 Å². The molecule has 1 heterocycles. The molecule has 0 amide bonds. The number of anilines is 2. The van der Waals surface area contributed by atoms with Gasteiger partial charge in [0.05, 0.1) is 5.56 Å². The third kappa shape index (κ3) is 3.72. The Balaban J connectivity index is 2.32. The van der Waals surface area contributed by atoms with Crippen LogP contribution in [0.2, 0.25) is 0 Å². The van der Waals surface area contributed by atoms with Crippen LogP contribution in [0.1, 0.15) is 16.1 Å². The second-order valence-corrected chi connectivity index (χ2v) is 4.88. The average Bonchev–Trinajstić information content (AvgIpc) is 2.40. The minimum absolute atomic E-state index is 0.0761. The molecule has 0 radical (unpaired) electrons. The van der Waals surface area contributed by atoms with Crippen molar-refractivity contribution in [1.82, 2.24) is 4.98 Å². The summed E-state index contributed by atoms with van der Waals surface area (Å²) in [5.74, 6) is -1.07. The molecule has 0 saturated carbocycles. The summed E-state index contributed by atoms with van der Waals surface area (Å²) in [6, 6.07) is 7.79. The Morgan fingerprint density at radius 1 is 1.24 bits per heavy atom. The fourth-order valence-electron chi connectivity index (χ4n) is 1.59. The molecule has 0 fully saturated rings. The molecular formula is C13H8BrF3N2O2. The van der Waals surface area contributed by atoms with Crippen LogP contribution in [-0.2, 0) is 6.18 Å². The van der Waals surface area contributed by atoms with Crippen molar-refractivity contribution in [1.29, 1.82) is 0 Å². The largest absolute Gasteiger partial charge is 0.477 e. The van der Waals surface area contributed by atoms with E-state index in [2.05, 4.69) is 26.2 Å². The van der Waals surface area contributed by atoms with Gasteiger partial charge in [0.15, 0.2) is 5.69 Å². The summed E-state index contributed by atoms with van der Waals surface area (Å²) in [5, 5.41) is 11.5. The number of alkyl halides is 3. The molecule has 0 saturated heterocycles. The summed E-state index contributed by atoms with van der Waals surface area (Å²) in [5.41, 5.74) is -0.879. The predicted octanol–water partition coefficient (Wildman–Crippen LogP) is 4.30. The fraction of sp³-hybridized carbons (Fsp3) is 0.0769. The number of nitrogens with zero attached hydrogens (tertiary/aromatic N) is 1. The Kier molecular flexibility index (Phi) is 4.17. The lowest BCUT2D eigenvalue weighted by molar-refractivity contribution is -0.138. The van der Waals surface area contributed by atoms with E-state index < -0.39 is 17.7 Å². The van der Waals surface area contributed by atoms with E-state index in [-0.39, 0.29) is 21.7 Å². The summed E-state index contributed by atoms with van der Waals surface area (Å²) >= 11 is 2.84. The molecule has 4 nitrogen and oxygen atoms in total. The van der Waals surface area contributed by atoms with Gasteiger partial charge in [-0.1, -0.05) is 22.0 Å². The van der Waals surface area contributed by atoms with Crippen LogP contribution in [0, 0.1) is 0 Å². The van der Waals surface area contributed by atoms with Crippen molar-refractivity contribution >= 4 is 33.4 Å². The maximum atomic E-state index is 12.8. The number of carboxylic acids is 1. The van der Waals surface area contributed by atoms with E-state index in [0.29, 0.717) is 0 Å². The van der Waals surface area contributed by atoms with Crippen molar-refractivity contribution in [3.63, 3.8) is 0 Å². The summed E-state index contributed by atoms with van der Waals surface area (Å²) in [4.78, 5) is 14.6. The lowest BCUT2D eigenvalue weighted by Crippen LogP contribution is -2.07. The molecule has 0 bridgehead atoms. The summed E-state index contributed by atoms with van der Waals surface area (Å²) < 4.78 is 38.3. The second-order valence-electron chi connectivity index (χ2n) is 4.03. The number of hydrogen-bond acceptors (Lipinski definition) is 3. The summed E-state index contributed by atoms with van der Waals surface area (Å²) in [7, 11) is 0. The predicted molar refractivity (Wildman–Crippen MR) is 73.6 cm³/mol. The first-order chi connectivity index (χ1) is 9.77. The number of halogens is 4. The van der Waals surface area contributed by atoms with Crippen molar-refractivity contribution in [2.75, 3.05) is 5.32 Å². The first-order valence-electron chi connectivity index (χ1n) is 5.61. The maximum Gasteiger partial charge on any atom is 0.417 e. The molecule has 2 rings (SSSR count). The van der Waals surface area contributed by atoms with Crippen LogP contribution in [0.25, 0.3) is 0 Å². The molecule has 8 heteroatoms. The molecule has 110 valence electrons. The molecule has 2 N–H and O–H groups in total. The highest BCUT2D eigenvalue weighted by molar-refractivity contribution is 9.10. The van der Waals surface area contributed by atoms with E-state index in [4.69, 9.17) is 5.11 Å². The molecule has 0 aliphatic rings. The quantitative estimate of drug-likeness (QED) is 0.856. The van der Waals surface area contributed by atoms with E-state index in [1.165, 1.54) is 30.3 Å². The van der Waals surface area contributed by atoms with Gasteiger partial charge < -0.3 is 10.4 Å². The maximum absolute atomic E-state index is 12.8. The normalized spacial score (nSPS) is 11.2. The third-order valence-electron chi connectivity index (χ3n) is 2.51. The van der Waals surface area contributed by atoms with Crippen molar-refractivity contribution in [3.8, 4) is 0 Å². The van der Waals surface area contributed by atoms with E-state index in [9.17, 15) is 18.0 Å². The topological polar surface area (TPSA) is 62.2 Å². The molecule has 21 heavy (non-hydrogen) atoms. The molecule has 1 aromatic heterocycles. The van der Waals surface area contributed by atoms with E-state index in [1.807, 2.05) is 0 Å². The van der Waals surface area contributed by atoms with Gasteiger partial charge >= 0.3 is 12.1 Å². The zero-order valence-corrected chi connectivity index (χ0v) is 11.9. The molecule has 1 aromatic carbocycles. The standard InChI is InChI=1S/C13H8BrF3N2O2/c14-9-5-4-7(6-8(9)13(15,16)17)18-11-3-1-2-10(19-11)12(20)21/h1-6H,(H,18,19)(H,20,21). The fourth-order valence-corrected chi connectivity index (χ4v) is 2.06. The molecule has 0 unspecified atom stereocenters. The minimum atomic E-state index is -4.49. The van der Waals surface area contributed by atoms with Crippen molar-refractivity contribution in [2.24, 2.45) is 0 Å². The number of rotatable bonds is 3. The molecule has 0 aliphatic carbocycles. The van der Waals surface area contributed by atoms with Gasteiger partial charge in [0, 0.05) is 10.2 Å². The number of hydrogen-bond donors (Lipinski definition) is 2. The zero-order valence-electron chi connectivity index (χ0n) is 10.3. The SMILES string of the molecule is O=C(O)c1cccc(Nc2ccc(Br)c(C(F)(F)F)c2)n1. The minimum Gasteiger partial charge on any atom is -0.477 e. The molecular weight excluding hydrogens is 353 g/mol. The monoisotopic (exact) mass is 360 g/mol. The Morgan fingerprint density at radius 3 is 2.57 bits per heavy atom. The van der Waals surface area contributed by atoms with Crippen LogP contribution in [0.4, 0.5) is 24.7 Å². The summed E-state index contributed by atoms with van der Waals surface area (Å²) in [6.07, 6.45) is -4.49. The number of benzene rings is 1. The lowest BCUT2D eigenvalue weighted by atomic mass is 10.2.